The van der Waals surface area contributed by atoms with Crippen LogP contribution in [0.15, 0.2) is 46.1 Å². The van der Waals surface area contributed by atoms with Crippen molar-refractivity contribution in [2.75, 3.05) is 23.4 Å². The number of carbonyl (C=O) groups is 1. The Balaban J connectivity index is 1.98. The minimum atomic E-state index is -0.492. The van der Waals surface area contributed by atoms with Crippen LogP contribution in [-0.4, -0.2) is 34.7 Å². The minimum absolute atomic E-state index is 0.0156. The molecule has 0 saturated heterocycles. The van der Waals surface area contributed by atoms with Crippen molar-refractivity contribution in [1.82, 2.24) is 9.13 Å². The normalized spacial score (nSPS) is 17.2. The molecule has 7 heteroatoms. The molecule has 0 aliphatic carbocycles. The Morgan fingerprint density at radius 3 is 2.52 bits per heavy atom. The lowest BCUT2D eigenvalue weighted by Gasteiger charge is -2.29. The highest BCUT2D eigenvalue weighted by atomic mass is 16.2. The summed E-state index contributed by atoms with van der Waals surface area (Å²) in [4.78, 5) is 40.6. The summed E-state index contributed by atoms with van der Waals surface area (Å²) in [6.07, 6.45) is 2.21. The summed E-state index contributed by atoms with van der Waals surface area (Å²) in [5.74, 6) is -0.170. The molecule has 1 amide bonds. The maximum Gasteiger partial charge on any atom is 0.331 e. The van der Waals surface area contributed by atoms with Gasteiger partial charge in [-0.05, 0) is 25.5 Å². The summed E-state index contributed by atoms with van der Waals surface area (Å²) in [5.41, 5.74) is 0.961. The molecule has 1 aromatic carbocycles. The maximum atomic E-state index is 13.0. The summed E-state index contributed by atoms with van der Waals surface area (Å²) >= 11 is 0. The fraction of sp³-hybridized carbons (Fsp3) is 0.389. The van der Waals surface area contributed by atoms with E-state index in [0.29, 0.717) is 0 Å². The van der Waals surface area contributed by atoms with Crippen LogP contribution < -0.4 is 21.0 Å². The first-order chi connectivity index (χ1) is 11.9. The van der Waals surface area contributed by atoms with Gasteiger partial charge in [0.15, 0.2) is 0 Å². The summed E-state index contributed by atoms with van der Waals surface area (Å²) in [6.45, 7) is 2.76. The molecule has 1 aromatic heterocycles. The number of hydrogen-bond donors (Lipinski definition) is 0. The van der Waals surface area contributed by atoms with E-state index in [0.717, 1.165) is 28.9 Å². The van der Waals surface area contributed by atoms with Gasteiger partial charge >= 0.3 is 5.69 Å². The molecule has 0 spiro atoms. The molecule has 0 unspecified atom stereocenters. The van der Waals surface area contributed by atoms with Gasteiger partial charge in [-0.15, -0.1) is 0 Å². The molecule has 3 rings (SSSR count). The van der Waals surface area contributed by atoms with Crippen molar-refractivity contribution in [3.63, 3.8) is 0 Å². The van der Waals surface area contributed by atoms with Gasteiger partial charge in [0.2, 0.25) is 5.91 Å². The van der Waals surface area contributed by atoms with Gasteiger partial charge < -0.3 is 9.80 Å². The van der Waals surface area contributed by atoms with Crippen LogP contribution in [0.5, 0.6) is 0 Å². The molecule has 2 aromatic rings. The van der Waals surface area contributed by atoms with Gasteiger partial charge in [-0.3, -0.25) is 18.7 Å². The van der Waals surface area contributed by atoms with Gasteiger partial charge in [0.05, 0.1) is 11.4 Å². The van der Waals surface area contributed by atoms with Gasteiger partial charge in [0.1, 0.15) is 6.54 Å². The molecule has 0 radical (unpaired) electrons. The molecule has 1 aliphatic heterocycles. The first-order valence-electron chi connectivity index (χ1n) is 8.29. The third kappa shape index (κ3) is 3.09. The van der Waals surface area contributed by atoms with Crippen molar-refractivity contribution >= 4 is 17.3 Å². The van der Waals surface area contributed by atoms with Crippen molar-refractivity contribution in [3.05, 3.63) is 57.4 Å². The zero-order valence-corrected chi connectivity index (χ0v) is 14.7. The van der Waals surface area contributed by atoms with E-state index in [-0.39, 0.29) is 24.1 Å². The standard InChI is InChI=1S/C18H22N4O3/c1-13-8-10-19(2)14-6-4-5-7-15(14)22(13)17(24)12-21-11-9-16(23)20(3)18(21)25/h4-7,9,11,13H,8,10,12H2,1-3H3/t13-/m0/s1. The smallest absolute Gasteiger partial charge is 0.331 e. The Labute approximate surface area is 145 Å². The van der Waals surface area contributed by atoms with Crippen LogP contribution in [0.2, 0.25) is 0 Å². The minimum Gasteiger partial charge on any atom is -0.373 e. The third-order valence-corrected chi connectivity index (χ3v) is 4.71. The van der Waals surface area contributed by atoms with Crippen LogP contribution in [-0.2, 0) is 18.4 Å². The number of benzene rings is 1. The molecular formula is C18H22N4O3. The number of anilines is 2. The number of carbonyl (C=O) groups excluding carboxylic acids is 1. The second kappa shape index (κ2) is 6.58. The largest absolute Gasteiger partial charge is 0.373 e. The predicted octanol–water partition coefficient (Wildman–Crippen LogP) is 0.809. The molecule has 7 nitrogen and oxygen atoms in total. The average Bonchev–Trinajstić information content (AvgIpc) is 2.72. The zero-order chi connectivity index (χ0) is 18.1. The van der Waals surface area contributed by atoms with E-state index in [2.05, 4.69) is 4.90 Å². The quantitative estimate of drug-likeness (QED) is 0.810. The third-order valence-electron chi connectivity index (χ3n) is 4.71. The molecular weight excluding hydrogens is 320 g/mol. The number of nitrogens with zero attached hydrogens (tertiary/aromatic N) is 4. The number of amides is 1. The summed E-state index contributed by atoms with van der Waals surface area (Å²) in [6, 6.07) is 9.08. The summed E-state index contributed by atoms with van der Waals surface area (Å²) in [7, 11) is 3.42. The number of rotatable bonds is 2. The summed E-state index contributed by atoms with van der Waals surface area (Å²) < 4.78 is 2.27. The second-order valence-electron chi connectivity index (χ2n) is 6.44. The lowest BCUT2D eigenvalue weighted by molar-refractivity contribution is -0.119. The van der Waals surface area contributed by atoms with Crippen LogP contribution in [0.25, 0.3) is 0 Å². The monoisotopic (exact) mass is 342 g/mol. The molecule has 2 heterocycles. The van der Waals surface area contributed by atoms with E-state index >= 15 is 0 Å². The molecule has 0 fully saturated rings. The zero-order valence-electron chi connectivity index (χ0n) is 14.7. The van der Waals surface area contributed by atoms with E-state index in [4.69, 9.17) is 0 Å². The van der Waals surface area contributed by atoms with Crippen LogP contribution in [0.1, 0.15) is 13.3 Å². The van der Waals surface area contributed by atoms with Crippen molar-refractivity contribution in [1.29, 1.82) is 0 Å². The van der Waals surface area contributed by atoms with Crippen molar-refractivity contribution in [3.8, 4) is 0 Å². The predicted molar refractivity (Wildman–Crippen MR) is 97.2 cm³/mol. The fourth-order valence-electron chi connectivity index (χ4n) is 3.20. The lowest BCUT2D eigenvalue weighted by atomic mass is 10.1. The van der Waals surface area contributed by atoms with E-state index in [9.17, 15) is 14.4 Å². The van der Waals surface area contributed by atoms with Gasteiger partial charge in [-0.25, -0.2) is 4.79 Å². The Morgan fingerprint density at radius 2 is 1.80 bits per heavy atom. The second-order valence-corrected chi connectivity index (χ2v) is 6.44. The molecule has 1 aliphatic rings. The number of fused-ring (bicyclic) bond motifs is 1. The summed E-state index contributed by atoms with van der Waals surface area (Å²) in [5, 5.41) is 0. The topological polar surface area (TPSA) is 67.5 Å². The van der Waals surface area contributed by atoms with Crippen molar-refractivity contribution in [2.24, 2.45) is 7.05 Å². The van der Waals surface area contributed by atoms with Gasteiger partial charge in [-0.1, -0.05) is 12.1 Å². The van der Waals surface area contributed by atoms with Crippen LogP contribution in [0.4, 0.5) is 11.4 Å². The fourth-order valence-corrected chi connectivity index (χ4v) is 3.20. The molecule has 132 valence electrons. The first-order valence-corrected chi connectivity index (χ1v) is 8.29. The molecule has 25 heavy (non-hydrogen) atoms. The van der Waals surface area contributed by atoms with E-state index < -0.39 is 5.69 Å². The van der Waals surface area contributed by atoms with Crippen molar-refractivity contribution < 1.29 is 4.79 Å². The van der Waals surface area contributed by atoms with Gasteiger partial charge in [0.25, 0.3) is 5.56 Å². The SMILES string of the molecule is C[C@H]1CCN(C)c2ccccc2N1C(=O)Cn1ccc(=O)n(C)c1=O. The maximum absolute atomic E-state index is 13.0. The highest BCUT2D eigenvalue weighted by Gasteiger charge is 2.28. The Hall–Kier alpha value is -2.83. The van der Waals surface area contributed by atoms with Gasteiger partial charge in [-0.2, -0.15) is 0 Å². The van der Waals surface area contributed by atoms with Crippen LogP contribution >= 0.6 is 0 Å². The average molecular weight is 342 g/mol. The van der Waals surface area contributed by atoms with Crippen LogP contribution in [0.3, 0.4) is 0 Å². The molecule has 0 N–H and O–H groups in total. The number of para-hydroxylation sites is 2. The lowest BCUT2D eigenvalue weighted by Crippen LogP contribution is -2.44. The van der Waals surface area contributed by atoms with E-state index in [1.54, 1.807) is 4.90 Å². The van der Waals surface area contributed by atoms with Gasteiger partial charge in [0, 0.05) is 38.9 Å². The Kier molecular flexibility index (Phi) is 4.48. The van der Waals surface area contributed by atoms with Crippen molar-refractivity contribution in [2.45, 2.75) is 25.9 Å². The highest BCUT2D eigenvalue weighted by molar-refractivity contribution is 5.97. The molecule has 0 saturated carbocycles. The highest BCUT2D eigenvalue weighted by Crippen LogP contribution is 2.33. The first kappa shape index (κ1) is 17.0. The number of hydrogen-bond acceptors (Lipinski definition) is 4. The van der Waals surface area contributed by atoms with Crippen LogP contribution in [0, 0.1) is 0 Å². The van der Waals surface area contributed by atoms with E-state index in [1.165, 1.54) is 23.9 Å². The Bertz CT molecular complexity index is 915. The Morgan fingerprint density at radius 1 is 1.12 bits per heavy atom. The van der Waals surface area contributed by atoms with E-state index in [1.807, 2.05) is 38.2 Å². The number of aromatic nitrogens is 2. The molecule has 1 atom stereocenters. The molecule has 0 bridgehead atoms.